The number of pyridine rings is 2. The van der Waals surface area contributed by atoms with E-state index in [0.717, 1.165) is 32.3 Å². The second kappa shape index (κ2) is 12.3. The molecular formula is C32H35BBrFN8O3. The van der Waals surface area contributed by atoms with Gasteiger partial charge in [-0.3, -0.25) is 19.5 Å². The van der Waals surface area contributed by atoms with Crippen molar-refractivity contribution in [3.05, 3.63) is 93.3 Å². The molecule has 0 aliphatic carbocycles. The highest BCUT2D eigenvalue weighted by Crippen LogP contribution is 2.42. The van der Waals surface area contributed by atoms with Gasteiger partial charge in [-0.15, -0.1) is 0 Å². The summed E-state index contributed by atoms with van der Waals surface area (Å²) >= 11 is 3.43. The molecule has 0 saturated carbocycles. The predicted molar refractivity (Wildman–Crippen MR) is 177 cm³/mol. The highest BCUT2D eigenvalue weighted by molar-refractivity contribution is 9.10. The summed E-state index contributed by atoms with van der Waals surface area (Å²) in [7, 11) is 1.11. The smallest absolute Gasteiger partial charge is 0.399 e. The number of halogens is 2. The second-order valence-electron chi connectivity index (χ2n) is 12.3. The molecule has 0 spiro atoms. The Morgan fingerprint density at radius 1 is 1.17 bits per heavy atom. The van der Waals surface area contributed by atoms with Gasteiger partial charge in [0.05, 0.1) is 35.3 Å². The van der Waals surface area contributed by atoms with Gasteiger partial charge in [0.1, 0.15) is 11.3 Å². The number of rotatable bonds is 8. The number of aromatic nitrogens is 4. The Hall–Kier alpha value is -3.98. The monoisotopic (exact) mass is 688 g/mol. The number of fused-ring (bicyclic) bond motifs is 1. The van der Waals surface area contributed by atoms with Gasteiger partial charge in [0.2, 0.25) is 0 Å². The zero-order valence-corrected chi connectivity index (χ0v) is 27.8. The molecule has 0 bridgehead atoms. The molecule has 0 radical (unpaired) electrons. The van der Waals surface area contributed by atoms with Crippen molar-refractivity contribution in [3.63, 3.8) is 0 Å². The summed E-state index contributed by atoms with van der Waals surface area (Å²) in [6.07, 6.45) is 8.00. The van der Waals surface area contributed by atoms with E-state index in [1.54, 1.807) is 40.3 Å². The summed E-state index contributed by atoms with van der Waals surface area (Å²) in [5.74, 6) is -0.542. The number of amides is 1. The van der Waals surface area contributed by atoms with Gasteiger partial charge in [-0.1, -0.05) is 0 Å². The van der Waals surface area contributed by atoms with Crippen LogP contribution < -0.4 is 16.7 Å². The fourth-order valence-corrected chi connectivity index (χ4v) is 6.49. The second-order valence-corrected chi connectivity index (χ2v) is 13.2. The van der Waals surface area contributed by atoms with Crippen molar-refractivity contribution in [1.82, 2.24) is 24.3 Å². The Balaban J connectivity index is 1.37. The van der Waals surface area contributed by atoms with E-state index in [2.05, 4.69) is 42.8 Å². The summed E-state index contributed by atoms with van der Waals surface area (Å²) < 4.78 is 32.7. The average molecular weight is 689 g/mol. The lowest BCUT2D eigenvalue weighted by molar-refractivity contribution is -0.00873. The number of nitrogens with two attached hydrogens (primary N) is 1. The molecule has 6 rings (SSSR count). The Labute approximate surface area is 275 Å². The van der Waals surface area contributed by atoms with Crippen molar-refractivity contribution >= 4 is 41.1 Å². The fraction of sp³-hybridized carbons (Fsp3) is 0.344. The minimum atomic E-state index is -0.884. The van der Waals surface area contributed by atoms with Crippen LogP contribution in [0.3, 0.4) is 0 Å². The van der Waals surface area contributed by atoms with Crippen LogP contribution in [0.2, 0.25) is 0 Å². The van der Waals surface area contributed by atoms with Gasteiger partial charge in [0.25, 0.3) is 5.91 Å². The van der Waals surface area contributed by atoms with Gasteiger partial charge in [-0.2, -0.15) is 10.2 Å². The third-order valence-corrected chi connectivity index (χ3v) is 9.31. The molecule has 1 amide bonds. The topological polar surface area (TPSA) is 125 Å². The van der Waals surface area contributed by atoms with Crippen LogP contribution in [0.4, 0.5) is 4.39 Å². The molecule has 1 atom stereocenters. The first-order chi connectivity index (χ1) is 21.9. The summed E-state index contributed by atoms with van der Waals surface area (Å²) in [6, 6.07) is 8.47. The molecule has 2 aliphatic heterocycles. The Kier molecular flexibility index (Phi) is 8.57. The average Bonchev–Trinajstić information content (AvgIpc) is 3.53. The van der Waals surface area contributed by atoms with Crippen molar-refractivity contribution in [2.45, 2.75) is 51.4 Å². The molecule has 2 aliphatic rings. The van der Waals surface area contributed by atoms with Gasteiger partial charge in [-0.25, -0.2) is 9.07 Å². The van der Waals surface area contributed by atoms with Crippen LogP contribution in [0.1, 0.15) is 48.0 Å². The summed E-state index contributed by atoms with van der Waals surface area (Å²) in [5.41, 5.74) is 9.60. The summed E-state index contributed by atoms with van der Waals surface area (Å²) in [4.78, 5) is 24.0. The first-order valence-corrected chi connectivity index (χ1v) is 15.7. The lowest BCUT2D eigenvalue weighted by atomic mass is 9.79. The van der Waals surface area contributed by atoms with Crippen LogP contribution in [-0.2, 0) is 35.7 Å². The van der Waals surface area contributed by atoms with Gasteiger partial charge >= 0.3 is 7.12 Å². The molecular weight excluding hydrogens is 654 g/mol. The van der Waals surface area contributed by atoms with E-state index in [9.17, 15) is 4.79 Å². The molecule has 46 heavy (non-hydrogen) atoms. The first-order valence-electron chi connectivity index (χ1n) is 14.9. The Morgan fingerprint density at radius 2 is 1.96 bits per heavy atom. The number of carbonyl (C=O) groups is 1. The molecule has 3 aromatic heterocycles. The number of nitrogens with zero attached hydrogens (tertiary/aromatic N) is 7. The number of hydrogen-bond donors (Lipinski definition) is 1. The van der Waals surface area contributed by atoms with Gasteiger partial charge in [0.15, 0.2) is 0 Å². The van der Waals surface area contributed by atoms with Crippen molar-refractivity contribution in [2.24, 2.45) is 22.9 Å². The highest BCUT2D eigenvalue weighted by Gasteiger charge is 2.54. The van der Waals surface area contributed by atoms with E-state index in [1.807, 2.05) is 40.1 Å². The van der Waals surface area contributed by atoms with Crippen molar-refractivity contribution < 1.29 is 18.5 Å². The van der Waals surface area contributed by atoms with Crippen LogP contribution in [0.15, 0.2) is 69.7 Å². The molecule has 14 heteroatoms. The predicted octanol–water partition coefficient (Wildman–Crippen LogP) is 3.19. The molecule has 2 N–H and O–H groups in total. The molecule has 1 unspecified atom stereocenters. The molecule has 4 aromatic rings. The maximum atomic E-state index is 15.5. The van der Waals surface area contributed by atoms with Gasteiger partial charge in [-0.05, 0) is 89.2 Å². The van der Waals surface area contributed by atoms with Crippen LogP contribution >= 0.6 is 15.9 Å². The third-order valence-electron chi connectivity index (χ3n) is 8.88. The Morgan fingerprint density at radius 3 is 2.67 bits per heavy atom. The minimum absolute atomic E-state index is 0.0809. The highest BCUT2D eigenvalue weighted by atomic mass is 79.9. The molecule has 11 nitrogen and oxygen atoms in total. The van der Waals surface area contributed by atoms with E-state index in [4.69, 9.17) is 15.0 Å². The van der Waals surface area contributed by atoms with Crippen molar-refractivity contribution in [1.29, 1.82) is 0 Å². The molecule has 1 aromatic carbocycles. The van der Waals surface area contributed by atoms with E-state index < -0.39 is 24.1 Å². The van der Waals surface area contributed by atoms with E-state index in [-0.39, 0.29) is 19.1 Å². The quantitative estimate of drug-likeness (QED) is 0.224. The zero-order chi connectivity index (χ0) is 32.8. The SMILES string of the molecule is C=Nn1ccc(B2OC(C)(C)C(C)(Cc3cc(F)cc(CN4CCc5ncc(Br)cc5C4=O)c3-c3cnn(C)c3)O2)c/c1=N/CN. The molecule has 5 heterocycles. The van der Waals surface area contributed by atoms with E-state index >= 15 is 4.39 Å². The number of carbonyl (C=O) groups excluding carboxylic acids is 1. The molecule has 1 saturated heterocycles. The van der Waals surface area contributed by atoms with Gasteiger partial charge in [0, 0.05) is 68.3 Å². The van der Waals surface area contributed by atoms with Crippen molar-refractivity contribution in [2.75, 3.05) is 13.2 Å². The van der Waals surface area contributed by atoms with E-state index in [1.165, 1.54) is 16.8 Å². The van der Waals surface area contributed by atoms with Crippen LogP contribution in [0.5, 0.6) is 0 Å². The standard InChI is InChI=1S/C32H35BBrFN8O3/c1-31(2)32(3,46-33(45-31)23-6-9-43(37-4)28(12-23)39-19-36)14-20-10-25(35)11-21(29(20)22-15-40-41(5)17-22)18-42-8-7-27-26(30(42)44)13-24(34)16-38-27/h6,9-13,15-17H,4,7-8,14,18-19,36H2,1-3,5H3/b39-28-. The fourth-order valence-electron chi connectivity index (χ4n) is 6.15. The molecule has 1 fully saturated rings. The number of aryl methyl sites for hydroxylation is 1. The van der Waals surface area contributed by atoms with Crippen LogP contribution in [0.25, 0.3) is 11.1 Å². The minimum Gasteiger partial charge on any atom is -0.399 e. The van der Waals surface area contributed by atoms with E-state index in [0.29, 0.717) is 36.0 Å². The Bertz CT molecular complexity index is 1910. The summed E-state index contributed by atoms with van der Waals surface area (Å²) in [5, 5.41) is 8.36. The first kappa shape index (κ1) is 32.0. The van der Waals surface area contributed by atoms with Crippen LogP contribution in [0, 0.1) is 5.82 Å². The third kappa shape index (κ3) is 5.97. The normalized spacial score (nSPS) is 19.5. The van der Waals surface area contributed by atoms with Gasteiger partial charge < -0.3 is 19.9 Å². The number of hydrogen-bond acceptors (Lipinski definition) is 8. The maximum Gasteiger partial charge on any atom is 0.495 e. The lowest BCUT2D eigenvalue weighted by Gasteiger charge is -2.37. The zero-order valence-electron chi connectivity index (χ0n) is 26.2. The summed E-state index contributed by atoms with van der Waals surface area (Å²) in [6.45, 7) is 10.3. The van der Waals surface area contributed by atoms with Crippen LogP contribution in [-0.4, -0.2) is 68.5 Å². The largest absolute Gasteiger partial charge is 0.495 e. The number of benzene rings is 1. The lowest BCUT2D eigenvalue weighted by Crippen LogP contribution is -2.46. The molecule has 238 valence electrons. The van der Waals surface area contributed by atoms with Crippen molar-refractivity contribution in [3.8, 4) is 11.1 Å². The maximum absolute atomic E-state index is 15.5.